The van der Waals surface area contributed by atoms with Crippen LogP contribution >= 0.6 is 11.3 Å². The highest BCUT2D eigenvalue weighted by Gasteiger charge is 2.26. The summed E-state index contributed by atoms with van der Waals surface area (Å²) in [6.07, 6.45) is 0. The van der Waals surface area contributed by atoms with Gasteiger partial charge < -0.3 is 4.74 Å². The average Bonchev–Trinajstić information content (AvgIpc) is 3.30. The first-order valence-electron chi connectivity index (χ1n) is 10.4. The first kappa shape index (κ1) is 23.5. The van der Waals surface area contributed by atoms with Crippen LogP contribution in [-0.2, 0) is 10.0 Å². The topological polar surface area (TPSA) is 79.8 Å². The van der Waals surface area contributed by atoms with E-state index in [1.165, 1.54) is 39.7 Å². The quantitative estimate of drug-likeness (QED) is 0.351. The fourth-order valence-corrected chi connectivity index (χ4v) is 5.40. The van der Waals surface area contributed by atoms with Crippen molar-refractivity contribution < 1.29 is 17.9 Å². The van der Waals surface area contributed by atoms with E-state index in [1.807, 2.05) is 42.6 Å². The average molecular weight is 494 g/mol. The van der Waals surface area contributed by atoms with Gasteiger partial charge in [0.25, 0.3) is 15.9 Å². The van der Waals surface area contributed by atoms with Crippen LogP contribution in [0.2, 0.25) is 0 Å². The maximum absolute atomic E-state index is 13.6. The number of amides is 1. The van der Waals surface area contributed by atoms with Gasteiger partial charge in [0.15, 0.2) is 5.13 Å². The van der Waals surface area contributed by atoms with Crippen LogP contribution in [0.1, 0.15) is 16.1 Å². The third-order valence-electron chi connectivity index (χ3n) is 5.19. The SMILES string of the molecule is COc1ccc(N(C)S(=O)(=O)c2cccc(C(=O)N(c3ccccc3)c3nc(C)cs3)c2)cc1. The van der Waals surface area contributed by atoms with Crippen molar-refractivity contribution in [3.8, 4) is 5.75 Å². The number of carbonyl (C=O) groups is 1. The predicted octanol–water partition coefficient (Wildman–Crippen LogP) is 5.26. The van der Waals surface area contributed by atoms with Crippen molar-refractivity contribution in [1.29, 1.82) is 0 Å². The summed E-state index contributed by atoms with van der Waals surface area (Å²) < 4.78 is 33.0. The number of carbonyl (C=O) groups excluding carboxylic acids is 1. The van der Waals surface area contributed by atoms with E-state index >= 15 is 0 Å². The van der Waals surface area contributed by atoms with E-state index in [2.05, 4.69) is 4.98 Å². The molecule has 0 aliphatic heterocycles. The van der Waals surface area contributed by atoms with Crippen molar-refractivity contribution in [3.63, 3.8) is 0 Å². The first-order valence-corrected chi connectivity index (χ1v) is 12.7. The molecule has 0 unspecified atom stereocenters. The van der Waals surface area contributed by atoms with Crippen molar-refractivity contribution in [2.45, 2.75) is 11.8 Å². The molecular formula is C25H23N3O4S2. The van der Waals surface area contributed by atoms with Crippen LogP contribution in [0.3, 0.4) is 0 Å². The number of sulfonamides is 1. The second-order valence-corrected chi connectivity index (χ2v) is 10.3. The van der Waals surface area contributed by atoms with Gasteiger partial charge in [0, 0.05) is 18.0 Å². The molecule has 0 atom stereocenters. The van der Waals surface area contributed by atoms with Crippen LogP contribution < -0.4 is 13.9 Å². The third kappa shape index (κ3) is 4.66. The Bertz CT molecular complexity index is 1400. The highest BCUT2D eigenvalue weighted by Crippen LogP contribution is 2.31. The van der Waals surface area contributed by atoms with Crippen molar-refractivity contribution in [1.82, 2.24) is 4.98 Å². The van der Waals surface area contributed by atoms with Gasteiger partial charge in [-0.15, -0.1) is 11.3 Å². The van der Waals surface area contributed by atoms with Gasteiger partial charge in [-0.1, -0.05) is 24.3 Å². The van der Waals surface area contributed by atoms with Gasteiger partial charge in [0.1, 0.15) is 5.75 Å². The number of aromatic nitrogens is 1. The highest BCUT2D eigenvalue weighted by molar-refractivity contribution is 7.92. The number of rotatable bonds is 7. The van der Waals surface area contributed by atoms with Crippen LogP contribution in [0.5, 0.6) is 5.75 Å². The Morgan fingerprint density at radius 3 is 2.26 bits per heavy atom. The molecule has 9 heteroatoms. The van der Waals surface area contributed by atoms with Crippen molar-refractivity contribution >= 4 is 43.8 Å². The number of aryl methyl sites for hydroxylation is 1. The molecule has 1 amide bonds. The zero-order chi connectivity index (χ0) is 24.3. The number of nitrogens with zero attached hydrogens (tertiary/aromatic N) is 3. The minimum Gasteiger partial charge on any atom is -0.497 e. The number of ether oxygens (including phenoxy) is 1. The molecule has 0 saturated heterocycles. The lowest BCUT2D eigenvalue weighted by Gasteiger charge is -2.22. The van der Waals surface area contributed by atoms with E-state index in [4.69, 9.17) is 4.74 Å². The molecule has 34 heavy (non-hydrogen) atoms. The Labute approximate surface area is 202 Å². The van der Waals surface area contributed by atoms with E-state index in [0.29, 0.717) is 22.3 Å². The summed E-state index contributed by atoms with van der Waals surface area (Å²) in [6, 6.07) is 21.9. The van der Waals surface area contributed by atoms with E-state index in [-0.39, 0.29) is 16.4 Å². The second-order valence-electron chi connectivity index (χ2n) is 7.45. The van der Waals surface area contributed by atoms with E-state index in [1.54, 1.807) is 43.5 Å². The lowest BCUT2D eigenvalue weighted by Crippen LogP contribution is -2.28. The number of methoxy groups -OCH3 is 1. The summed E-state index contributed by atoms with van der Waals surface area (Å²) in [7, 11) is -0.892. The van der Waals surface area contributed by atoms with Crippen LogP contribution in [0, 0.1) is 6.92 Å². The molecule has 0 aliphatic rings. The standard InChI is InChI=1S/C25H23N3O4S2/c1-18-17-33-25(26-18)28(21-9-5-4-6-10-21)24(29)19-8-7-11-23(16-19)34(30,31)27(2)20-12-14-22(32-3)15-13-20/h4-17H,1-3H3. The van der Waals surface area contributed by atoms with Gasteiger partial charge in [0.2, 0.25) is 0 Å². The van der Waals surface area contributed by atoms with Gasteiger partial charge in [0.05, 0.1) is 29.1 Å². The molecule has 0 saturated carbocycles. The minimum absolute atomic E-state index is 0.0139. The van der Waals surface area contributed by atoms with Crippen LogP contribution in [0.4, 0.5) is 16.5 Å². The third-order valence-corrected chi connectivity index (χ3v) is 7.92. The molecule has 4 aromatic rings. The zero-order valence-corrected chi connectivity index (χ0v) is 20.5. The predicted molar refractivity (Wildman–Crippen MR) is 135 cm³/mol. The molecule has 0 aliphatic carbocycles. The number of hydrogen-bond acceptors (Lipinski definition) is 6. The zero-order valence-electron chi connectivity index (χ0n) is 18.9. The molecule has 1 heterocycles. The monoisotopic (exact) mass is 493 g/mol. The molecule has 0 spiro atoms. The molecule has 0 N–H and O–H groups in total. The Morgan fingerprint density at radius 1 is 0.941 bits per heavy atom. The maximum Gasteiger partial charge on any atom is 0.264 e. The van der Waals surface area contributed by atoms with Gasteiger partial charge in [-0.25, -0.2) is 13.4 Å². The summed E-state index contributed by atoms with van der Waals surface area (Å²) in [5.74, 6) is 0.255. The molecule has 174 valence electrons. The van der Waals surface area contributed by atoms with Crippen molar-refractivity contribution in [3.05, 3.63) is 95.5 Å². The lowest BCUT2D eigenvalue weighted by atomic mass is 10.2. The normalized spacial score (nSPS) is 11.1. The van der Waals surface area contributed by atoms with Gasteiger partial charge >= 0.3 is 0 Å². The second kappa shape index (κ2) is 9.66. The summed E-state index contributed by atoms with van der Waals surface area (Å²) >= 11 is 1.35. The van der Waals surface area contributed by atoms with E-state index in [0.717, 1.165) is 5.69 Å². The van der Waals surface area contributed by atoms with Gasteiger partial charge in [-0.05, 0) is 61.5 Å². The summed E-state index contributed by atoms with van der Waals surface area (Å²) in [4.78, 5) is 19.6. The Morgan fingerprint density at radius 2 is 1.65 bits per heavy atom. The van der Waals surface area contributed by atoms with Crippen molar-refractivity contribution in [2.75, 3.05) is 23.4 Å². The van der Waals surface area contributed by atoms with E-state index < -0.39 is 10.0 Å². The molecule has 0 bridgehead atoms. The fraction of sp³-hybridized carbons (Fsp3) is 0.120. The van der Waals surface area contributed by atoms with Gasteiger partial charge in [-0.3, -0.25) is 14.0 Å². The Hall–Kier alpha value is -3.69. The number of para-hydroxylation sites is 1. The molecule has 3 aromatic carbocycles. The number of anilines is 3. The number of hydrogen-bond donors (Lipinski definition) is 0. The molecule has 7 nitrogen and oxygen atoms in total. The fourth-order valence-electron chi connectivity index (χ4n) is 3.34. The van der Waals surface area contributed by atoms with Crippen LogP contribution in [-0.4, -0.2) is 33.5 Å². The summed E-state index contributed by atoms with van der Waals surface area (Å²) in [5, 5.41) is 2.38. The Kier molecular flexibility index (Phi) is 6.67. The van der Waals surface area contributed by atoms with Crippen molar-refractivity contribution in [2.24, 2.45) is 0 Å². The number of thiazole rings is 1. The molecule has 4 rings (SSSR count). The molecule has 0 radical (unpaired) electrons. The Balaban J connectivity index is 1.70. The summed E-state index contributed by atoms with van der Waals surface area (Å²) in [5.41, 5.74) is 2.15. The number of benzene rings is 3. The highest BCUT2D eigenvalue weighted by atomic mass is 32.2. The maximum atomic E-state index is 13.6. The smallest absolute Gasteiger partial charge is 0.264 e. The largest absolute Gasteiger partial charge is 0.497 e. The summed E-state index contributed by atoms with van der Waals surface area (Å²) in [6.45, 7) is 1.86. The van der Waals surface area contributed by atoms with Crippen LogP contribution in [0.25, 0.3) is 0 Å². The minimum atomic E-state index is -3.91. The van der Waals surface area contributed by atoms with E-state index in [9.17, 15) is 13.2 Å². The first-order chi connectivity index (χ1) is 16.3. The van der Waals surface area contributed by atoms with Crippen LogP contribution in [0.15, 0.2) is 89.1 Å². The molecular weight excluding hydrogens is 470 g/mol. The molecule has 0 fully saturated rings. The molecule has 1 aromatic heterocycles. The van der Waals surface area contributed by atoms with Gasteiger partial charge in [-0.2, -0.15) is 0 Å². The lowest BCUT2D eigenvalue weighted by molar-refractivity contribution is 0.0999.